The molecule has 1 N–H and O–H groups in total. The highest BCUT2D eigenvalue weighted by molar-refractivity contribution is 5.88. The van der Waals surface area contributed by atoms with Gasteiger partial charge in [-0.3, -0.25) is 5.32 Å². The minimum atomic E-state index is -0.193. The van der Waals surface area contributed by atoms with E-state index in [4.69, 9.17) is 4.52 Å². The first-order valence-electron chi connectivity index (χ1n) is 8.89. The molecule has 7 heteroatoms. The van der Waals surface area contributed by atoms with Crippen LogP contribution in [-0.2, 0) is 5.41 Å². The fourth-order valence-corrected chi connectivity index (χ4v) is 4.09. The van der Waals surface area contributed by atoms with E-state index >= 15 is 0 Å². The normalized spacial score (nSPS) is 25.4. The second-order valence-corrected chi connectivity index (χ2v) is 7.38. The van der Waals surface area contributed by atoms with E-state index in [1.54, 1.807) is 12.3 Å². The number of carbonyl (C=O) groups is 1. The fourth-order valence-electron chi connectivity index (χ4n) is 4.09. The smallest absolute Gasteiger partial charge is 0.323 e. The van der Waals surface area contributed by atoms with Crippen molar-refractivity contribution >= 4 is 11.8 Å². The number of hydrogen-bond donors (Lipinski definition) is 1. The van der Waals surface area contributed by atoms with Gasteiger partial charge >= 0.3 is 6.03 Å². The van der Waals surface area contributed by atoms with Crippen molar-refractivity contribution in [1.29, 1.82) is 0 Å². The van der Waals surface area contributed by atoms with Crippen molar-refractivity contribution in [1.82, 2.24) is 20.0 Å². The van der Waals surface area contributed by atoms with E-state index < -0.39 is 0 Å². The number of pyridine rings is 1. The van der Waals surface area contributed by atoms with Gasteiger partial charge in [0.25, 0.3) is 0 Å². The van der Waals surface area contributed by atoms with Crippen LogP contribution in [0.1, 0.15) is 50.7 Å². The summed E-state index contributed by atoms with van der Waals surface area (Å²) in [6, 6.07) is 5.36. The number of anilines is 1. The van der Waals surface area contributed by atoms with Gasteiger partial charge in [-0.25, -0.2) is 9.78 Å². The van der Waals surface area contributed by atoms with Crippen LogP contribution in [0, 0.1) is 5.92 Å². The molecule has 1 saturated heterocycles. The molecule has 7 nitrogen and oxygen atoms in total. The zero-order valence-corrected chi connectivity index (χ0v) is 14.6. The molecule has 132 valence electrons. The van der Waals surface area contributed by atoms with Crippen molar-refractivity contribution in [2.24, 2.45) is 5.92 Å². The SMILES string of the molecule is CC(C)c1noc([C@@]23CCC[C@@H]2CN(C(=O)Nc2ccccn2)C3)n1. The predicted octanol–water partition coefficient (Wildman–Crippen LogP) is 3.17. The molecule has 0 bridgehead atoms. The first kappa shape index (κ1) is 16.1. The van der Waals surface area contributed by atoms with E-state index in [0.29, 0.717) is 24.2 Å². The van der Waals surface area contributed by atoms with Crippen LogP contribution in [0.25, 0.3) is 0 Å². The molecule has 2 fully saturated rings. The number of urea groups is 1. The molecule has 25 heavy (non-hydrogen) atoms. The molecule has 0 aromatic carbocycles. The zero-order chi connectivity index (χ0) is 17.4. The van der Waals surface area contributed by atoms with Crippen LogP contribution in [0.15, 0.2) is 28.9 Å². The first-order valence-corrected chi connectivity index (χ1v) is 8.89. The standard InChI is InChI=1S/C18H23N5O2/c1-12(2)15-21-16(25-22-15)18-8-5-6-13(18)10-23(11-18)17(24)20-14-7-3-4-9-19-14/h3-4,7,9,12-13H,5-6,8,10-11H2,1-2H3,(H,19,20,24)/t13-,18-/m1/s1. The third-order valence-corrected chi connectivity index (χ3v) is 5.44. The number of hydrogen-bond acceptors (Lipinski definition) is 5. The molecule has 4 rings (SSSR count). The molecule has 2 atom stereocenters. The Morgan fingerprint density at radius 3 is 3.04 bits per heavy atom. The van der Waals surface area contributed by atoms with Crippen LogP contribution >= 0.6 is 0 Å². The number of carbonyl (C=O) groups excluding carboxylic acids is 1. The van der Waals surface area contributed by atoms with Gasteiger partial charge in [0, 0.05) is 25.2 Å². The molecule has 3 heterocycles. The van der Waals surface area contributed by atoms with Crippen LogP contribution in [0.5, 0.6) is 0 Å². The third kappa shape index (κ3) is 2.77. The molecular weight excluding hydrogens is 318 g/mol. The maximum atomic E-state index is 12.6. The number of aromatic nitrogens is 3. The minimum absolute atomic E-state index is 0.115. The number of fused-ring (bicyclic) bond motifs is 1. The summed E-state index contributed by atoms with van der Waals surface area (Å²) >= 11 is 0. The Kier molecular flexibility index (Phi) is 3.94. The summed E-state index contributed by atoms with van der Waals surface area (Å²) in [7, 11) is 0. The van der Waals surface area contributed by atoms with Crippen molar-refractivity contribution in [3.8, 4) is 0 Å². The summed E-state index contributed by atoms with van der Waals surface area (Å²) in [6.07, 6.45) is 4.89. The van der Waals surface area contributed by atoms with E-state index in [-0.39, 0.29) is 17.4 Å². The maximum Gasteiger partial charge on any atom is 0.323 e. The van der Waals surface area contributed by atoms with Crippen LogP contribution in [0.3, 0.4) is 0 Å². The Morgan fingerprint density at radius 2 is 2.32 bits per heavy atom. The Morgan fingerprint density at radius 1 is 1.44 bits per heavy atom. The Labute approximate surface area is 146 Å². The lowest BCUT2D eigenvalue weighted by Gasteiger charge is -2.24. The van der Waals surface area contributed by atoms with Crippen molar-refractivity contribution in [3.63, 3.8) is 0 Å². The number of rotatable bonds is 3. The van der Waals surface area contributed by atoms with E-state index in [1.165, 1.54) is 0 Å². The van der Waals surface area contributed by atoms with Crippen LogP contribution in [-0.4, -0.2) is 39.1 Å². The van der Waals surface area contributed by atoms with Crippen LogP contribution in [0.2, 0.25) is 0 Å². The van der Waals surface area contributed by atoms with Gasteiger partial charge in [-0.15, -0.1) is 0 Å². The van der Waals surface area contributed by atoms with E-state index in [0.717, 1.165) is 31.6 Å². The number of likely N-dealkylation sites (tertiary alicyclic amines) is 1. The molecule has 1 aliphatic heterocycles. The second-order valence-electron chi connectivity index (χ2n) is 7.38. The lowest BCUT2D eigenvalue weighted by atomic mass is 9.80. The molecule has 0 unspecified atom stereocenters. The number of amides is 2. The average molecular weight is 341 g/mol. The maximum absolute atomic E-state index is 12.6. The lowest BCUT2D eigenvalue weighted by molar-refractivity contribution is 0.213. The molecule has 2 aromatic heterocycles. The average Bonchev–Trinajstić information content (AvgIpc) is 3.29. The molecule has 2 amide bonds. The highest BCUT2D eigenvalue weighted by Gasteiger charge is 2.55. The molecule has 1 aliphatic carbocycles. The second kappa shape index (κ2) is 6.13. The summed E-state index contributed by atoms with van der Waals surface area (Å²) in [5.74, 6) is 2.62. The van der Waals surface area contributed by atoms with E-state index in [1.807, 2.05) is 17.0 Å². The van der Waals surface area contributed by atoms with Crippen molar-refractivity contribution in [2.45, 2.75) is 44.4 Å². The predicted molar refractivity (Wildman–Crippen MR) is 92.2 cm³/mol. The molecule has 0 radical (unpaired) electrons. The highest BCUT2D eigenvalue weighted by atomic mass is 16.5. The summed E-state index contributed by atoms with van der Waals surface area (Å²) in [6.45, 7) is 5.45. The van der Waals surface area contributed by atoms with E-state index in [2.05, 4.69) is 34.3 Å². The van der Waals surface area contributed by atoms with Crippen LogP contribution < -0.4 is 5.32 Å². The largest absolute Gasteiger partial charge is 0.339 e. The van der Waals surface area contributed by atoms with Gasteiger partial charge in [0.1, 0.15) is 5.82 Å². The molecule has 2 aliphatic rings. The lowest BCUT2D eigenvalue weighted by Crippen LogP contribution is -2.37. The van der Waals surface area contributed by atoms with Gasteiger partial charge < -0.3 is 9.42 Å². The van der Waals surface area contributed by atoms with Gasteiger partial charge in [0.15, 0.2) is 5.82 Å². The van der Waals surface area contributed by atoms with Gasteiger partial charge in [-0.05, 0) is 30.9 Å². The highest BCUT2D eigenvalue weighted by Crippen LogP contribution is 2.50. The monoisotopic (exact) mass is 341 g/mol. The minimum Gasteiger partial charge on any atom is -0.339 e. The molecule has 2 aromatic rings. The number of nitrogens with one attached hydrogen (secondary N) is 1. The summed E-state index contributed by atoms with van der Waals surface area (Å²) in [5, 5.41) is 7.01. The van der Waals surface area contributed by atoms with Gasteiger partial charge in [0.05, 0.1) is 5.41 Å². The summed E-state index contributed by atoms with van der Waals surface area (Å²) in [4.78, 5) is 23.3. The quantitative estimate of drug-likeness (QED) is 0.927. The van der Waals surface area contributed by atoms with Crippen molar-refractivity contribution in [3.05, 3.63) is 36.1 Å². The zero-order valence-electron chi connectivity index (χ0n) is 14.6. The molecule has 0 spiro atoms. The van der Waals surface area contributed by atoms with Crippen LogP contribution in [0.4, 0.5) is 10.6 Å². The van der Waals surface area contributed by atoms with Crippen molar-refractivity contribution < 1.29 is 9.32 Å². The Bertz CT molecular complexity index is 760. The fraction of sp³-hybridized carbons (Fsp3) is 0.556. The van der Waals surface area contributed by atoms with Gasteiger partial charge in [-0.1, -0.05) is 31.5 Å². The van der Waals surface area contributed by atoms with Crippen molar-refractivity contribution in [2.75, 3.05) is 18.4 Å². The van der Waals surface area contributed by atoms with E-state index in [9.17, 15) is 4.79 Å². The Hall–Kier alpha value is -2.44. The topological polar surface area (TPSA) is 84.2 Å². The third-order valence-electron chi connectivity index (χ3n) is 5.44. The molecular formula is C18H23N5O2. The number of nitrogens with zero attached hydrogens (tertiary/aromatic N) is 4. The summed E-state index contributed by atoms with van der Waals surface area (Å²) in [5.41, 5.74) is -0.193. The summed E-state index contributed by atoms with van der Waals surface area (Å²) < 4.78 is 5.63. The van der Waals surface area contributed by atoms with Gasteiger partial charge in [-0.2, -0.15) is 4.98 Å². The first-order chi connectivity index (χ1) is 12.1. The Balaban J connectivity index is 1.54. The van der Waals surface area contributed by atoms with Gasteiger partial charge in [0.2, 0.25) is 5.89 Å². The molecule has 1 saturated carbocycles.